The molecule has 0 unspecified atom stereocenters. The van der Waals surface area contributed by atoms with Crippen molar-refractivity contribution < 1.29 is 115 Å². The van der Waals surface area contributed by atoms with E-state index in [-0.39, 0.29) is 132 Å². The first-order valence-corrected chi connectivity index (χ1v) is 37.9. The number of aryl methyl sites for hydroxylation is 1. The van der Waals surface area contributed by atoms with Gasteiger partial charge < -0.3 is 67.3 Å². The van der Waals surface area contributed by atoms with Gasteiger partial charge in [0, 0.05) is 125 Å². The monoisotopic (exact) mass is 1560 g/mol. The van der Waals surface area contributed by atoms with Crippen molar-refractivity contribution in [3.63, 3.8) is 0 Å². The molecule has 596 valence electrons. The second kappa shape index (κ2) is 44.1. The minimum Gasteiger partial charge on any atom is -0.535 e. The summed E-state index contributed by atoms with van der Waals surface area (Å²) in [5.41, 5.74) is 6.58. The molecular formula is C80H100B5ClN2O24. The predicted molar refractivity (Wildman–Crippen MR) is 422 cm³/mol. The van der Waals surface area contributed by atoms with E-state index in [1.54, 1.807) is 85.8 Å². The maximum absolute atomic E-state index is 12.2. The minimum atomic E-state index is -1.11. The van der Waals surface area contributed by atoms with Gasteiger partial charge in [-0.2, -0.15) is 5.10 Å². The molecule has 0 spiro atoms. The third-order valence-corrected chi connectivity index (χ3v) is 19.6. The predicted octanol–water partition coefficient (Wildman–Crippen LogP) is 9.99. The van der Waals surface area contributed by atoms with Gasteiger partial charge >= 0.3 is 35.6 Å². The lowest BCUT2D eigenvalue weighted by Crippen LogP contribution is -2.36. The van der Waals surface area contributed by atoms with E-state index in [1.165, 1.54) is 34.6 Å². The van der Waals surface area contributed by atoms with Crippen LogP contribution in [0.1, 0.15) is 193 Å². The molecule has 1 aromatic heterocycles. The molecule has 32 heteroatoms. The second-order valence-electron chi connectivity index (χ2n) is 29.0. The van der Waals surface area contributed by atoms with Crippen LogP contribution >= 0.6 is 11.6 Å². The average Bonchev–Trinajstić information content (AvgIpc) is 1.17. The number of hydrogen-bond donors (Lipinski definition) is 5. The van der Waals surface area contributed by atoms with E-state index in [2.05, 4.69) is 5.10 Å². The largest absolute Gasteiger partial charge is 0.535 e. The average molecular weight is 1560 g/mol. The Labute approximate surface area is 660 Å². The number of para-hydroxylation sites is 5. The van der Waals surface area contributed by atoms with Crippen LogP contribution in [-0.4, -0.2) is 187 Å². The fourth-order valence-electron chi connectivity index (χ4n) is 13.4. The Morgan fingerprint density at radius 3 is 1.00 bits per heavy atom. The first-order chi connectivity index (χ1) is 53.3. The van der Waals surface area contributed by atoms with Gasteiger partial charge in [0.25, 0.3) is 0 Å². The molecule has 6 heterocycles. The number of alkyl halides is 1. The van der Waals surface area contributed by atoms with E-state index < -0.39 is 40.5 Å². The van der Waals surface area contributed by atoms with E-state index >= 15 is 0 Å². The molecule has 5 N–H and O–H groups in total. The molecule has 26 nitrogen and oxygen atoms in total. The summed E-state index contributed by atoms with van der Waals surface area (Å²) in [4.78, 5) is 117. The Kier molecular flexibility index (Phi) is 35.6. The zero-order valence-electron chi connectivity index (χ0n) is 65.3. The second-order valence-corrected chi connectivity index (χ2v) is 30.0. The molecular weight excluding hydrogens is 1460 g/mol. The Bertz CT molecular complexity index is 4150. The number of fused-ring (bicyclic) bond motifs is 5. The number of nitrogens with zero attached hydrogens (tertiary/aromatic N) is 2. The quantitative estimate of drug-likeness (QED) is 0.0113. The van der Waals surface area contributed by atoms with Crippen molar-refractivity contribution in [2.75, 3.05) is 53.9 Å². The van der Waals surface area contributed by atoms with E-state index in [0.29, 0.717) is 147 Å². The number of benzene rings is 5. The van der Waals surface area contributed by atoms with Gasteiger partial charge in [-0.1, -0.05) is 60.7 Å². The third kappa shape index (κ3) is 27.3. The molecule has 0 fully saturated rings. The Morgan fingerprint density at radius 1 is 0.429 bits per heavy atom. The number of rotatable bonds is 32. The zero-order valence-corrected chi connectivity index (χ0v) is 66.0. The molecule has 0 amide bonds. The van der Waals surface area contributed by atoms with Crippen molar-refractivity contribution in [1.82, 2.24) is 9.78 Å². The molecule has 11 rings (SSSR count). The summed E-state index contributed by atoms with van der Waals surface area (Å²) in [6.07, 6.45) is 8.83. The molecule has 0 bridgehead atoms. The van der Waals surface area contributed by atoms with E-state index in [1.807, 2.05) is 63.4 Å². The molecule has 6 aromatic rings. The lowest BCUT2D eigenvalue weighted by atomic mass is 9.64. The van der Waals surface area contributed by atoms with Crippen LogP contribution in [0.2, 0.25) is 29.1 Å². The summed E-state index contributed by atoms with van der Waals surface area (Å²) in [6.45, 7) is 15.1. The van der Waals surface area contributed by atoms with Gasteiger partial charge in [0.1, 0.15) is 59.3 Å². The van der Waals surface area contributed by atoms with Crippen LogP contribution in [0.25, 0.3) is 0 Å². The first-order valence-electron chi connectivity index (χ1n) is 37.6. The highest BCUT2D eigenvalue weighted by atomic mass is 35.5. The van der Waals surface area contributed by atoms with Crippen LogP contribution in [0.3, 0.4) is 0 Å². The fourth-order valence-corrected chi connectivity index (χ4v) is 13.5. The van der Waals surface area contributed by atoms with Crippen LogP contribution in [-0.2, 0) is 81.6 Å². The maximum atomic E-state index is 12.2. The molecule has 0 radical (unpaired) electrons. The molecule has 112 heavy (non-hydrogen) atoms. The summed E-state index contributed by atoms with van der Waals surface area (Å²) >= 11 is 6.10. The Balaban J connectivity index is 0.000000194. The molecule has 0 saturated carbocycles. The van der Waals surface area contributed by atoms with Crippen LogP contribution in [0, 0.1) is 0 Å². The number of hydrogen-bond acceptors (Lipinski definition) is 25. The number of aromatic nitrogens is 2. The van der Waals surface area contributed by atoms with Gasteiger partial charge in [-0.25, -0.2) is 0 Å². The zero-order chi connectivity index (χ0) is 81.9. The SMILES string of the molecule is CC(=O)c1cccc2c1OB(O)[C@@H](CC(=O)CCC(C)(C)Cl)C2.CC(=O)c1cccc2c1OB(O)[C@@H](CC(=O)CCn1cccn1)C2.CCOCC(=O)C[C@H]1Cc2cccc(C(C)=O)c2OB1O.COCCC(=O)C[C@H]1Cc2cccc(C(C)=O)c2OB1O.COCCOCC(=O)C[C@H]1Cc2cccc(C(C)=O)c2OB1O. The van der Waals surface area contributed by atoms with Gasteiger partial charge in [-0.05, 0) is 158 Å². The van der Waals surface area contributed by atoms with E-state index in [9.17, 15) is 73.1 Å². The maximum Gasteiger partial charge on any atom is 0.526 e. The van der Waals surface area contributed by atoms with Gasteiger partial charge in [-0.15, -0.1) is 11.6 Å². The molecule has 0 saturated heterocycles. The smallest absolute Gasteiger partial charge is 0.526 e. The summed E-state index contributed by atoms with van der Waals surface area (Å²) in [5.74, 6) is 0.121. The van der Waals surface area contributed by atoms with Gasteiger partial charge in [0.15, 0.2) is 40.5 Å². The van der Waals surface area contributed by atoms with Crippen molar-refractivity contribution >= 4 is 105 Å². The Hall–Kier alpha value is -8.74. The highest BCUT2D eigenvalue weighted by molar-refractivity contribution is 6.49. The number of ketones is 10. The highest BCUT2D eigenvalue weighted by Gasteiger charge is 2.42. The summed E-state index contributed by atoms with van der Waals surface area (Å²) in [6, 6.07) is 28.5. The number of methoxy groups -OCH3 is 2. The summed E-state index contributed by atoms with van der Waals surface area (Å²) in [7, 11) is -2.29. The van der Waals surface area contributed by atoms with Crippen LogP contribution in [0.4, 0.5) is 0 Å². The number of carbonyl (C=O) groups excluding carboxylic acids is 10. The van der Waals surface area contributed by atoms with Crippen molar-refractivity contribution in [1.29, 1.82) is 0 Å². The van der Waals surface area contributed by atoms with Crippen LogP contribution in [0.5, 0.6) is 28.7 Å². The Morgan fingerprint density at radius 2 is 0.723 bits per heavy atom. The van der Waals surface area contributed by atoms with Crippen molar-refractivity contribution in [3.8, 4) is 28.7 Å². The normalized spacial score (nSPS) is 16.9. The first kappa shape index (κ1) is 90.5. The van der Waals surface area contributed by atoms with Gasteiger partial charge in [0.2, 0.25) is 0 Å². The minimum absolute atomic E-state index is 0.00702. The highest BCUT2D eigenvalue weighted by Crippen LogP contribution is 2.42. The van der Waals surface area contributed by atoms with Crippen LogP contribution < -0.4 is 23.3 Å². The van der Waals surface area contributed by atoms with E-state index in [0.717, 1.165) is 27.8 Å². The standard InChI is InChI=1S/C17H22BClO4.C17H19BN2O4.C16H21BO6.2C15H19BO5/c1-11(20)15-6-4-5-12-9-13(18(22)23-16(12)15)10-14(21)7-8-17(2,3)19;1-12(21)16-5-2-4-13-10-14(18(23)24-17(13)16)11-15(22)6-9-20-8-3-7-19-20;1-11(18)15-5-3-4-12-8-13(17(20)23-16(12)15)9-14(19)10-22-7-6-21-2;1-10(17)14-5-3-4-11-8-12(16(19)21-15(11)14)9-13(18)6-7-20-2;1-3-20-9-13(18)8-12-7-11-5-4-6-14(10(2)17)15(11)21-16(12)19/h4-6,13,22H,7-10H2,1-3H3;2-5,7-8,14,23H,6,9-11H2,1H3;3-5,13,20H,6-10H2,1-2H3;3-5,12,19H,6-9H2,1-2H3;4-6,12,19H,3,7-9H2,1-2H3/t13-;14-;13-;2*12-/m11111/s1. The lowest BCUT2D eigenvalue weighted by Gasteiger charge is -2.28. The van der Waals surface area contributed by atoms with Crippen LogP contribution in [0.15, 0.2) is 109 Å². The van der Waals surface area contributed by atoms with Crippen molar-refractivity contribution in [3.05, 3.63) is 165 Å². The third-order valence-electron chi connectivity index (χ3n) is 19.4. The van der Waals surface area contributed by atoms with Crippen molar-refractivity contribution in [2.24, 2.45) is 0 Å². The number of Topliss-reactive ketones (excluding diaryl/α,β-unsaturated/α-hetero) is 10. The number of halogens is 1. The lowest BCUT2D eigenvalue weighted by molar-refractivity contribution is -0.124. The summed E-state index contributed by atoms with van der Waals surface area (Å²) in [5, 5.41) is 54.8. The van der Waals surface area contributed by atoms with E-state index in [4.69, 9.17) is 53.8 Å². The molecule has 0 aliphatic carbocycles. The molecule has 5 aliphatic rings. The number of carbonyl (C=O) groups is 10. The van der Waals surface area contributed by atoms with Gasteiger partial charge in [-0.3, -0.25) is 52.6 Å². The molecule has 5 aliphatic heterocycles. The topological polar surface area (TPSA) is 373 Å². The number of ether oxygens (including phenoxy) is 4. The van der Waals surface area contributed by atoms with Gasteiger partial charge in [0.05, 0.1) is 47.6 Å². The molecule has 5 aromatic carbocycles. The summed E-state index contributed by atoms with van der Waals surface area (Å²) < 4.78 is 49.3. The molecule has 5 atom stereocenters. The fraction of sp³-hybridized carbons (Fsp3) is 0.463. The van der Waals surface area contributed by atoms with Crippen molar-refractivity contribution in [2.45, 2.75) is 186 Å².